The van der Waals surface area contributed by atoms with Gasteiger partial charge in [-0.25, -0.2) is 0 Å². The molecule has 1 N–H and O–H groups in total. The minimum Gasteiger partial charge on any atom is -0.385 e. The second kappa shape index (κ2) is 8.03. The second-order valence-electron chi connectivity index (χ2n) is 5.16. The Morgan fingerprint density at radius 2 is 2.18 bits per heavy atom. The summed E-state index contributed by atoms with van der Waals surface area (Å²) in [5.74, 6) is 0. The first-order valence-corrected chi connectivity index (χ1v) is 6.71. The fourth-order valence-corrected chi connectivity index (χ4v) is 2.25. The monoisotopic (exact) mass is 244 g/mol. The zero-order valence-corrected chi connectivity index (χ0v) is 11.7. The molecule has 1 rings (SSSR count). The van der Waals surface area contributed by atoms with Crippen LogP contribution < -0.4 is 5.32 Å². The zero-order valence-electron chi connectivity index (χ0n) is 11.7. The highest BCUT2D eigenvalue weighted by atomic mass is 16.5. The van der Waals surface area contributed by atoms with E-state index in [1.807, 2.05) is 0 Å². The van der Waals surface area contributed by atoms with Gasteiger partial charge in [0.1, 0.15) is 0 Å². The second-order valence-corrected chi connectivity index (χ2v) is 5.16. The third-order valence-electron chi connectivity index (χ3n) is 3.34. The molecule has 0 aliphatic carbocycles. The van der Waals surface area contributed by atoms with Crippen LogP contribution in [0, 0.1) is 0 Å². The van der Waals surface area contributed by atoms with E-state index in [0.29, 0.717) is 18.1 Å². The van der Waals surface area contributed by atoms with Crippen molar-refractivity contribution in [1.29, 1.82) is 0 Å². The summed E-state index contributed by atoms with van der Waals surface area (Å²) >= 11 is 0. The number of rotatable bonds is 7. The van der Waals surface area contributed by atoms with Gasteiger partial charge in [-0.2, -0.15) is 0 Å². The molecular formula is C13H28N2O2. The molecule has 0 amide bonds. The van der Waals surface area contributed by atoms with Gasteiger partial charge in [0.05, 0.1) is 13.2 Å². The van der Waals surface area contributed by atoms with Crippen LogP contribution in [0.3, 0.4) is 0 Å². The van der Waals surface area contributed by atoms with Crippen LogP contribution in [-0.4, -0.2) is 63.0 Å². The summed E-state index contributed by atoms with van der Waals surface area (Å²) in [4.78, 5) is 2.55. The van der Waals surface area contributed by atoms with Crippen LogP contribution in [0.5, 0.6) is 0 Å². The normalized spacial score (nSPS) is 24.2. The first-order valence-electron chi connectivity index (χ1n) is 6.71. The molecule has 2 atom stereocenters. The maximum absolute atomic E-state index is 5.59. The molecule has 0 spiro atoms. The highest BCUT2D eigenvalue weighted by Crippen LogP contribution is 2.13. The van der Waals surface area contributed by atoms with E-state index in [4.69, 9.17) is 9.47 Å². The predicted octanol–water partition coefficient (Wildman–Crippen LogP) is 1.11. The van der Waals surface area contributed by atoms with Crippen molar-refractivity contribution in [1.82, 2.24) is 10.2 Å². The molecule has 4 heteroatoms. The Labute approximate surface area is 106 Å². The summed E-state index contributed by atoms with van der Waals surface area (Å²) in [6.45, 7) is 11.2. The van der Waals surface area contributed by atoms with Crippen LogP contribution in [0.1, 0.15) is 27.2 Å². The number of nitrogens with one attached hydrogen (secondary N) is 1. The molecule has 0 radical (unpaired) electrons. The summed E-state index contributed by atoms with van der Waals surface area (Å²) < 4.78 is 10.7. The molecule has 1 fully saturated rings. The van der Waals surface area contributed by atoms with E-state index in [-0.39, 0.29) is 0 Å². The lowest BCUT2D eigenvalue weighted by Gasteiger charge is -2.40. The molecule has 4 nitrogen and oxygen atoms in total. The van der Waals surface area contributed by atoms with Crippen molar-refractivity contribution in [2.45, 2.75) is 45.3 Å². The maximum Gasteiger partial charge on any atom is 0.0635 e. The lowest BCUT2D eigenvalue weighted by molar-refractivity contribution is -0.0301. The molecule has 0 saturated carbocycles. The Balaban J connectivity index is 2.41. The van der Waals surface area contributed by atoms with E-state index in [0.717, 1.165) is 39.3 Å². The minimum absolute atomic E-state index is 0.498. The first kappa shape index (κ1) is 14.9. The lowest BCUT2D eigenvalue weighted by Crippen LogP contribution is -2.54. The number of methoxy groups -OCH3 is 1. The summed E-state index contributed by atoms with van der Waals surface area (Å²) in [7, 11) is 1.77. The number of hydrogen-bond donors (Lipinski definition) is 1. The van der Waals surface area contributed by atoms with E-state index >= 15 is 0 Å². The van der Waals surface area contributed by atoms with Gasteiger partial charge in [0.25, 0.3) is 0 Å². The van der Waals surface area contributed by atoms with Gasteiger partial charge in [-0.05, 0) is 13.3 Å². The highest BCUT2D eigenvalue weighted by molar-refractivity contribution is 4.82. The SMILES string of the molecule is COCCC(C)N1CCOCC1CNC(C)C. The molecule has 1 aliphatic heterocycles. The third kappa shape index (κ3) is 5.34. The van der Waals surface area contributed by atoms with E-state index in [2.05, 4.69) is 31.0 Å². The highest BCUT2D eigenvalue weighted by Gasteiger charge is 2.26. The van der Waals surface area contributed by atoms with Gasteiger partial charge >= 0.3 is 0 Å². The predicted molar refractivity (Wildman–Crippen MR) is 70.4 cm³/mol. The van der Waals surface area contributed by atoms with Crippen molar-refractivity contribution in [3.63, 3.8) is 0 Å². The van der Waals surface area contributed by atoms with Crippen molar-refractivity contribution in [3.05, 3.63) is 0 Å². The van der Waals surface area contributed by atoms with E-state index in [1.54, 1.807) is 7.11 Å². The number of morpholine rings is 1. The number of nitrogens with zero attached hydrogens (tertiary/aromatic N) is 1. The van der Waals surface area contributed by atoms with Crippen molar-refractivity contribution >= 4 is 0 Å². The van der Waals surface area contributed by atoms with Crippen LogP contribution in [0.15, 0.2) is 0 Å². The Kier molecular flexibility index (Phi) is 7.04. The van der Waals surface area contributed by atoms with Gasteiger partial charge in [0, 0.05) is 44.9 Å². The quantitative estimate of drug-likeness (QED) is 0.727. The average molecular weight is 244 g/mol. The van der Waals surface area contributed by atoms with Crippen molar-refractivity contribution in [3.8, 4) is 0 Å². The Morgan fingerprint density at radius 1 is 1.41 bits per heavy atom. The molecular weight excluding hydrogens is 216 g/mol. The maximum atomic E-state index is 5.59. The van der Waals surface area contributed by atoms with Gasteiger partial charge in [0.2, 0.25) is 0 Å². The van der Waals surface area contributed by atoms with Gasteiger partial charge < -0.3 is 14.8 Å². The standard InChI is InChI=1S/C13H28N2O2/c1-11(2)14-9-13-10-17-8-6-15(13)12(3)5-7-16-4/h11-14H,5-10H2,1-4H3. The van der Waals surface area contributed by atoms with E-state index in [1.165, 1.54) is 0 Å². The average Bonchev–Trinajstić information content (AvgIpc) is 2.33. The van der Waals surface area contributed by atoms with Gasteiger partial charge in [0.15, 0.2) is 0 Å². The smallest absolute Gasteiger partial charge is 0.0635 e. The van der Waals surface area contributed by atoms with Gasteiger partial charge in [-0.3, -0.25) is 4.90 Å². The fourth-order valence-electron chi connectivity index (χ4n) is 2.25. The molecule has 0 aromatic heterocycles. The molecule has 1 aliphatic rings. The van der Waals surface area contributed by atoms with E-state index < -0.39 is 0 Å². The Bertz CT molecular complexity index is 200. The van der Waals surface area contributed by atoms with Crippen LogP contribution in [0.25, 0.3) is 0 Å². The van der Waals surface area contributed by atoms with Gasteiger partial charge in [-0.1, -0.05) is 13.8 Å². The van der Waals surface area contributed by atoms with Crippen molar-refractivity contribution < 1.29 is 9.47 Å². The van der Waals surface area contributed by atoms with Crippen molar-refractivity contribution in [2.75, 3.05) is 40.0 Å². The summed E-state index contributed by atoms with van der Waals surface area (Å²) in [6, 6.07) is 1.60. The third-order valence-corrected chi connectivity index (χ3v) is 3.34. The van der Waals surface area contributed by atoms with Crippen molar-refractivity contribution in [2.24, 2.45) is 0 Å². The molecule has 0 bridgehead atoms. The van der Waals surface area contributed by atoms with Crippen LogP contribution >= 0.6 is 0 Å². The molecule has 102 valence electrons. The largest absolute Gasteiger partial charge is 0.385 e. The van der Waals surface area contributed by atoms with Crippen LogP contribution in [0.2, 0.25) is 0 Å². The first-order chi connectivity index (χ1) is 8.15. The Hall–Kier alpha value is -0.160. The van der Waals surface area contributed by atoms with E-state index in [9.17, 15) is 0 Å². The number of ether oxygens (including phenoxy) is 2. The summed E-state index contributed by atoms with van der Waals surface area (Å²) in [5, 5.41) is 3.50. The van der Waals surface area contributed by atoms with Crippen LogP contribution in [0.4, 0.5) is 0 Å². The fraction of sp³-hybridized carbons (Fsp3) is 1.00. The molecule has 0 aromatic carbocycles. The number of hydrogen-bond acceptors (Lipinski definition) is 4. The molecule has 0 aromatic rings. The summed E-state index contributed by atoms with van der Waals surface area (Å²) in [6.07, 6.45) is 1.09. The lowest BCUT2D eigenvalue weighted by atomic mass is 10.1. The molecule has 17 heavy (non-hydrogen) atoms. The minimum atomic E-state index is 0.498. The van der Waals surface area contributed by atoms with Gasteiger partial charge in [-0.15, -0.1) is 0 Å². The zero-order chi connectivity index (χ0) is 12.7. The molecule has 1 heterocycles. The Morgan fingerprint density at radius 3 is 2.82 bits per heavy atom. The topological polar surface area (TPSA) is 33.7 Å². The molecule has 2 unspecified atom stereocenters. The summed E-state index contributed by atoms with van der Waals surface area (Å²) in [5.41, 5.74) is 0. The van der Waals surface area contributed by atoms with Crippen LogP contribution in [-0.2, 0) is 9.47 Å². The molecule has 1 saturated heterocycles.